The lowest BCUT2D eigenvalue weighted by Crippen LogP contribution is -2.42. The highest BCUT2D eigenvalue weighted by Gasteiger charge is 2.31. The first-order valence-electron chi connectivity index (χ1n) is 9.73. The molecule has 0 saturated heterocycles. The van der Waals surface area contributed by atoms with Crippen LogP contribution in [0.1, 0.15) is 84.9 Å². The monoisotopic (exact) mass is 360 g/mol. The van der Waals surface area contributed by atoms with Crippen molar-refractivity contribution < 1.29 is 20.0 Å². The summed E-state index contributed by atoms with van der Waals surface area (Å²) >= 11 is 0. The number of hydrogen-bond acceptors (Lipinski definition) is 4. The molecule has 6 heteroatoms. The topological polar surface area (TPSA) is 81.1 Å². The lowest BCUT2D eigenvalue weighted by Gasteiger charge is -2.31. The third-order valence-corrected chi connectivity index (χ3v) is 5.65. The standard InChI is InChI=1S/C20H28N2O4/c23-19(21(25)15-9-3-1-4-10-15)17-13-7-8-14-18(17)20(24)22(26)16-11-5-2-6-12-16/h7-8,13-16,25-26H,1-6,9-12H2. The maximum atomic E-state index is 12.8. The van der Waals surface area contributed by atoms with Crippen molar-refractivity contribution >= 4 is 11.8 Å². The van der Waals surface area contributed by atoms with Crippen LogP contribution in [0.15, 0.2) is 24.3 Å². The highest BCUT2D eigenvalue weighted by molar-refractivity contribution is 6.06. The summed E-state index contributed by atoms with van der Waals surface area (Å²) in [4.78, 5) is 25.6. The summed E-state index contributed by atoms with van der Waals surface area (Å²) in [5.41, 5.74) is 0.279. The molecule has 2 fully saturated rings. The van der Waals surface area contributed by atoms with Gasteiger partial charge in [0.1, 0.15) is 0 Å². The minimum atomic E-state index is -0.571. The van der Waals surface area contributed by atoms with Crippen LogP contribution in [0.25, 0.3) is 0 Å². The highest BCUT2D eigenvalue weighted by atomic mass is 16.5. The molecule has 2 aliphatic carbocycles. The van der Waals surface area contributed by atoms with E-state index in [-0.39, 0.29) is 23.2 Å². The van der Waals surface area contributed by atoms with E-state index in [4.69, 9.17) is 0 Å². The number of amides is 2. The molecule has 0 atom stereocenters. The molecule has 0 unspecified atom stereocenters. The largest absolute Gasteiger partial charge is 0.285 e. The lowest BCUT2D eigenvalue weighted by molar-refractivity contribution is -0.0986. The second kappa shape index (κ2) is 8.64. The Labute approximate surface area is 154 Å². The number of rotatable bonds is 4. The smallest absolute Gasteiger partial charge is 0.278 e. The number of carbonyl (C=O) groups excluding carboxylic acids is 2. The fraction of sp³-hybridized carbons (Fsp3) is 0.600. The summed E-state index contributed by atoms with van der Waals surface area (Å²) in [6, 6.07) is 6.00. The van der Waals surface area contributed by atoms with Crippen LogP contribution in [0.5, 0.6) is 0 Å². The Morgan fingerprint density at radius 2 is 1.04 bits per heavy atom. The molecular formula is C20H28N2O4. The molecule has 6 nitrogen and oxygen atoms in total. The number of hydrogen-bond donors (Lipinski definition) is 2. The Balaban J connectivity index is 1.78. The first-order chi connectivity index (χ1) is 12.6. The second-order valence-corrected chi connectivity index (χ2v) is 7.43. The SMILES string of the molecule is O=C(c1ccccc1C(=O)N(O)C1CCCCC1)N(O)C1CCCCC1. The fourth-order valence-corrected chi connectivity index (χ4v) is 4.09. The molecule has 0 aliphatic heterocycles. The van der Waals surface area contributed by atoms with Crippen molar-refractivity contribution in [1.29, 1.82) is 0 Å². The van der Waals surface area contributed by atoms with Gasteiger partial charge in [-0.1, -0.05) is 50.7 Å². The number of hydroxylamine groups is 4. The number of benzene rings is 1. The molecule has 2 N–H and O–H groups in total. The van der Waals surface area contributed by atoms with Gasteiger partial charge < -0.3 is 0 Å². The Bertz CT molecular complexity index is 581. The van der Waals surface area contributed by atoms with E-state index >= 15 is 0 Å². The zero-order valence-corrected chi connectivity index (χ0v) is 15.1. The van der Waals surface area contributed by atoms with Crippen molar-refractivity contribution in [3.8, 4) is 0 Å². The molecule has 0 aromatic heterocycles. The maximum Gasteiger partial charge on any atom is 0.278 e. The molecule has 0 spiro atoms. The fourth-order valence-electron chi connectivity index (χ4n) is 4.09. The first-order valence-corrected chi connectivity index (χ1v) is 9.73. The van der Waals surface area contributed by atoms with Gasteiger partial charge in [-0.3, -0.25) is 20.0 Å². The average molecular weight is 360 g/mol. The van der Waals surface area contributed by atoms with Crippen LogP contribution >= 0.6 is 0 Å². The molecule has 0 heterocycles. The van der Waals surface area contributed by atoms with E-state index < -0.39 is 11.8 Å². The minimum Gasteiger partial charge on any atom is -0.285 e. The average Bonchev–Trinajstić information content (AvgIpc) is 2.73. The van der Waals surface area contributed by atoms with E-state index in [1.54, 1.807) is 12.1 Å². The van der Waals surface area contributed by atoms with Crippen LogP contribution in [0.2, 0.25) is 0 Å². The van der Waals surface area contributed by atoms with Gasteiger partial charge >= 0.3 is 0 Å². The summed E-state index contributed by atoms with van der Waals surface area (Å²) in [6.45, 7) is 0. The van der Waals surface area contributed by atoms with Crippen LogP contribution in [-0.4, -0.2) is 44.4 Å². The van der Waals surface area contributed by atoms with Crippen molar-refractivity contribution in [3.05, 3.63) is 35.4 Å². The lowest BCUT2D eigenvalue weighted by atomic mass is 9.94. The summed E-state index contributed by atoms with van der Waals surface area (Å²) < 4.78 is 0. The van der Waals surface area contributed by atoms with Gasteiger partial charge in [-0.25, -0.2) is 10.1 Å². The Morgan fingerprint density at radius 3 is 1.38 bits per heavy atom. The second-order valence-electron chi connectivity index (χ2n) is 7.43. The van der Waals surface area contributed by atoms with Crippen molar-refractivity contribution in [2.45, 2.75) is 76.3 Å². The van der Waals surface area contributed by atoms with Crippen LogP contribution in [0, 0.1) is 0 Å². The van der Waals surface area contributed by atoms with Gasteiger partial charge in [-0.15, -0.1) is 0 Å². The predicted octanol–water partition coefficient (Wildman–Crippen LogP) is 4.01. The normalized spacial score (nSPS) is 19.2. The van der Waals surface area contributed by atoms with Gasteiger partial charge in [0, 0.05) is 0 Å². The Morgan fingerprint density at radius 1 is 0.692 bits per heavy atom. The highest BCUT2D eigenvalue weighted by Crippen LogP contribution is 2.26. The van der Waals surface area contributed by atoms with E-state index in [0.29, 0.717) is 0 Å². The van der Waals surface area contributed by atoms with Crippen LogP contribution < -0.4 is 0 Å². The molecule has 0 radical (unpaired) electrons. The third-order valence-electron chi connectivity index (χ3n) is 5.65. The number of carbonyl (C=O) groups is 2. The number of nitrogens with zero attached hydrogens (tertiary/aromatic N) is 2. The van der Waals surface area contributed by atoms with Crippen LogP contribution in [0.3, 0.4) is 0 Å². The van der Waals surface area contributed by atoms with Gasteiger partial charge in [-0.2, -0.15) is 0 Å². The van der Waals surface area contributed by atoms with Crippen molar-refractivity contribution in [2.75, 3.05) is 0 Å². The zero-order chi connectivity index (χ0) is 18.5. The summed E-state index contributed by atoms with van der Waals surface area (Å²) in [5, 5.41) is 22.3. The summed E-state index contributed by atoms with van der Waals surface area (Å²) in [7, 11) is 0. The van der Waals surface area contributed by atoms with Gasteiger partial charge in [0.25, 0.3) is 11.8 Å². The maximum absolute atomic E-state index is 12.8. The first kappa shape index (κ1) is 18.9. The zero-order valence-electron chi connectivity index (χ0n) is 15.1. The molecule has 1 aromatic rings. The van der Waals surface area contributed by atoms with Crippen LogP contribution in [-0.2, 0) is 0 Å². The van der Waals surface area contributed by atoms with E-state index in [9.17, 15) is 20.0 Å². The molecule has 3 rings (SSSR count). The third kappa shape index (κ3) is 4.07. The quantitative estimate of drug-likeness (QED) is 0.628. The molecule has 1 aromatic carbocycles. The van der Waals surface area contributed by atoms with E-state index in [2.05, 4.69) is 0 Å². The molecule has 142 valence electrons. The van der Waals surface area contributed by atoms with Crippen molar-refractivity contribution in [2.24, 2.45) is 0 Å². The van der Waals surface area contributed by atoms with E-state index in [0.717, 1.165) is 74.3 Å². The van der Waals surface area contributed by atoms with Crippen LogP contribution in [0.4, 0.5) is 0 Å². The molecule has 2 amide bonds. The molecular weight excluding hydrogens is 332 g/mol. The molecule has 26 heavy (non-hydrogen) atoms. The van der Waals surface area contributed by atoms with Gasteiger partial charge in [0.2, 0.25) is 0 Å². The van der Waals surface area contributed by atoms with E-state index in [1.807, 2.05) is 0 Å². The van der Waals surface area contributed by atoms with Gasteiger partial charge in [0.15, 0.2) is 0 Å². The molecule has 2 aliphatic rings. The Hall–Kier alpha value is -1.92. The predicted molar refractivity (Wildman–Crippen MR) is 96.1 cm³/mol. The minimum absolute atomic E-state index is 0.139. The Kier molecular flexibility index (Phi) is 6.27. The van der Waals surface area contributed by atoms with Crippen molar-refractivity contribution in [3.63, 3.8) is 0 Å². The molecule has 2 saturated carbocycles. The molecule has 0 bridgehead atoms. The van der Waals surface area contributed by atoms with Crippen molar-refractivity contribution in [1.82, 2.24) is 10.1 Å². The summed E-state index contributed by atoms with van der Waals surface area (Å²) in [5.74, 6) is -1.14. The van der Waals surface area contributed by atoms with E-state index in [1.165, 1.54) is 12.1 Å². The van der Waals surface area contributed by atoms with Gasteiger partial charge in [0.05, 0.1) is 23.2 Å². The summed E-state index contributed by atoms with van der Waals surface area (Å²) in [6.07, 6.45) is 9.27. The van der Waals surface area contributed by atoms with Gasteiger partial charge in [-0.05, 0) is 37.8 Å².